The molecular formula is C17H17N3O4S. The number of aromatic nitrogens is 2. The lowest BCUT2D eigenvalue weighted by Crippen LogP contribution is -2.24. The molecule has 0 spiro atoms. The summed E-state index contributed by atoms with van der Waals surface area (Å²) in [6.07, 6.45) is 0. The molecule has 1 heterocycles. The summed E-state index contributed by atoms with van der Waals surface area (Å²) in [6, 6.07) is 13.1. The van der Waals surface area contributed by atoms with Crippen LogP contribution >= 0.6 is 0 Å². The zero-order valence-electron chi connectivity index (χ0n) is 13.8. The molecule has 0 fully saturated rings. The van der Waals surface area contributed by atoms with E-state index in [1.54, 1.807) is 0 Å². The third kappa shape index (κ3) is 3.40. The number of imidazole rings is 1. The van der Waals surface area contributed by atoms with Gasteiger partial charge in [0.05, 0.1) is 35.1 Å². The lowest BCUT2D eigenvalue weighted by Gasteiger charge is -2.07. The standard InChI is InChI=1S/C17H17N3O4S/c1-20-15-6-4-3-5-14(15)19-16(20)11-18-25(22,23)13-9-7-12(8-10-13)17(21)24-2/h3-10,18H,11H2,1-2H3. The third-order valence-electron chi connectivity index (χ3n) is 3.89. The maximum absolute atomic E-state index is 12.4. The molecule has 0 aliphatic carbocycles. The normalized spacial score (nSPS) is 11.6. The van der Waals surface area contributed by atoms with Gasteiger partial charge in [-0.15, -0.1) is 0 Å². The van der Waals surface area contributed by atoms with E-state index in [2.05, 4.69) is 14.4 Å². The molecule has 0 amide bonds. The smallest absolute Gasteiger partial charge is 0.337 e. The average Bonchev–Trinajstić information content (AvgIpc) is 2.96. The van der Waals surface area contributed by atoms with E-state index in [-0.39, 0.29) is 17.0 Å². The highest BCUT2D eigenvalue weighted by Crippen LogP contribution is 2.15. The van der Waals surface area contributed by atoms with E-state index in [0.29, 0.717) is 5.82 Å². The van der Waals surface area contributed by atoms with Gasteiger partial charge in [0.2, 0.25) is 10.0 Å². The fourth-order valence-corrected chi connectivity index (χ4v) is 3.46. The molecule has 1 aromatic heterocycles. The predicted octanol–water partition coefficient (Wildman–Crippen LogP) is 1.84. The lowest BCUT2D eigenvalue weighted by atomic mass is 10.2. The molecule has 25 heavy (non-hydrogen) atoms. The van der Waals surface area contributed by atoms with Crippen molar-refractivity contribution in [3.8, 4) is 0 Å². The Morgan fingerprint density at radius 3 is 2.48 bits per heavy atom. The third-order valence-corrected chi connectivity index (χ3v) is 5.30. The fourth-order valence-electron chi connectivity index (χ4n) is 2.48. The number of hydrogen-bond acceptors (Lipinski definition) is 5. The lowest BCUT2D eigenvalue weighted by molar-refractivity contribution is 0.0600. The molecule has 3 rings (SSSR count). The number of esters is 1. The van der Waals surface area contributed by atoms with Crippen LogP contribution in [-0.4, -0.2) is 31.0 Å². The van der Waals surface area contributed by atoms with E-state index in [1.165, 1.54) is 31.4 Å². The second-order valence-electron chi connectivity index (χ2n) is 5.42. The number of nitrogens with zero attached hydrogens (tertiary/aromatic N) is 2. The highest BCUT2D eigenvalue weighted by molar-refractivity contribution is 7.89. The fraction of sp³-hybridized carbons (Fsp3) is 0.176. The minimum atomic E-state index is -3.72. The first-order valence-electron chi connectivity index (χ1n) is 7.51. The molecule has 0 saturated heterocycles. The first-order chi connectivity index (χ1) is 11.9. The van der Waals surface area contributed by atoms with Gasteiger partial charge in [-0.25, -0.2) is 22.9 Å². The molecule has 0 aliphatic rings. The van der Waals surface area contributed by atoms with Gasteiger partial charge in [0, 0.05) is 7.05 Å². The van der Waals surface area contributed by atoms with Crippen LogP contribution in [0.1, 0.15) is 16.2 Å². The number of hydrogen-bond donors (Lipinski definition) is 1. The van der Waals surface area contributed by atoms with Crippen LogP contribution in [-0.2, 0) is 28.4 Å². The van der Waals surface area contributed by atoms with Crippen molar-refractivity contribution in [2.24, 2.45) is 7.05 Å². The number of aryl methyl sites for hydroxylation is 1. The summed E-state index contributed by atoms with van der Waals surface area (Å²) in [4.78, 5) is 15.9. The Morgan fingerprint density at radius 1 is 1.16 bits per heavy atom. The van der Waals surface area contributed by atoms with Crippen molar-refractivity contribution in [3.05, 3.63) is 59.9 Å². The Labute approximate surface area is 145 Å². The van der Waals surface area contributed by atoms with Gasteiger partial charge in [-0.3, -0.25) is 0 Å². The average molecular weight is 359 g/mol. The van der Waals surface area contributed by atoms with E-state index in [1.807, 2.05) is 35.9 Å². The maximum Gasteiger partial charge on any atom is 0.337 e. The number of para-hydroxylation sites is 2. The Morgan fingerprint density at radius 2 is 1.84 bits per heavy atom. The summed E-state index contributed by atoms with van der Waals surface area (Å²) >= 11 is 0. The predicted molar refractivity (Wildman–Crippen MR) is 92.5 cm³/mol. The van der Waals surface area contributed by atoms with Crippen LogP contribution in [0.2, 0.25) is 0 Å². The van der Waals surface area contributed by atoms with Gasteiger partial charge < -0.3 is 9.30 Å². The summed E-state index contributed by atoms with van der Waals surface area (Å²) in [5.41, 5.74) is 2.03. The van der Waals surface area contributed by atoms with Gasteiger partial charge in [0.25, 0.3) is 0 Å². The summed E-state index contributed by atoms with van der Waals surface area (Å²) in [5, 5.41) is 0. The van der Waals surface area contributed by atoms with Crippen molar-refractivity contribution in [3.63, 3.8) is 0 Å². The Bertz CT molecular complexity index is 1020. The van der Waals surface area contributed by atoms with E-state index in [9.17, 15) is 13.2 Å². The first kappa shape index (κ1) is 17.1. The van der Waals surface area contributed by atoms with Gasteiger partial charge in [-0.2, -0.15) is 0 Å². The Balaban J connectivity index is 1.79. The quantitative estimate of drug-likeness (QED) is 0.702. The zero-order valence-corrected chi connectivity index (χ0v) is 14.6. The number of carbonyl (C=O) groups is 1. The number of benzene rings is 2. The Hall–Kier alpha value is -2.71. The topological polar surface area (TPSA) is 90.3 Å². The molecular weight excluding hydrogens is 342 g/mol. The number of nitrogens with one attached hydrogen (secondary N) is 1. The van der Waals surface area contributed by atoms with Gasteiger partial charge in [0.1, 0.15) is 5.82 Å². The summed E-state index contributed by atoms with van der Waals surface area (Å²) in [6.45, 7) is 0.0618. The van der Waals surface area contributed by atoms with Gasteiger partial charge in [-0.05, 0) is 36.4 Å². The molecule has 7 nitrogen and oxygen atoms in total. The molecule has 0 radical (unpaired) electrons. The van der Waals surface area contributed by atoms with Gasteiger partial charge in [-0.1, -0.05) is 12.1 Å². The monoisotopic (exact) mass is 359 g/mol. The largest absolute Gasteiger partial charge is 0.465 e. The molecule has 1 N–H and O–H groups in total. The number of fused-ring (bicyclic) bond motifs is 1. The minimum Gasteiger partial charge on any atom is -0.465 e. The van der Waals surface area contributed by atoms with E-state index < -0.39 is 16.0 Å². The number of methoxy groups -OCH3 is 1. The highest BCUT2D eigenvalue weighted by Gasteiger charge is 2.17. The minimum absolute atomic E-state index is 0.0618. The summed E-state index contributed by atoms with van der Waals surface area (Å²) < 4.78 is 33.8. The van der Waals surface area contributed by atoms with Crippen LogP contribution in [0.15, 0.2) is 53.4 Å². The van der Waals surface area contributed by atoms with Crippen molar-refractivity contribution in [1.29, 1.82) is 0 Å². The summed E-state index contributed by atoms with van der Waals surface area (Å²) in [7, 11) is -0.611. The van der Waals surface area contributed by atoms with Crippen LogP contribution in [0.3, 0.4) is 0 Å². The molecule has 2 aromatic carbocycles. The maximum atomic E-state index is 12.4. The molecule has 0 saturated carbocycles. The van der Waals surface area contributed by atoms with Crippen LogP contribution in [0, 0.1) is 0 Å². The number of sulfonamides is 1. The molecule has 3 aromatic rings. The molecule has 0 bridgehead atoms. The van der Waals surface area contributed by atoms with E-state index >= 15 is 0 Å². The van der Waals surface area contributed by atoms with Crippen LogP contribution in [0.4, 0.5) is 0 Å². The van der Waals surface area contributed by atoms with Gasteiger partial charge >= 0.3 is 5.97 Å². The molecule has 130 valence electrons. The molecule has 0 atom stereocenters. The number of carbonyl (C=O) groups excluding carboxylic acids is 1. The Kier molecular flexibility index (Phi) is 4.56. The molecule has 0 unspecified atom stereocenters. The van der Waals surface area contributed by atoms with E-state index in [4.69, 9.17) is 0 Å². The van der Waals surface area contributed by atoms with Crippen molar-refractivity contribution in [1.82, 2.24) is 14.3 Å². The number of ether oxygens (including phenoxy) is 1. The van der Waals surface area contributed by atoms with Crippen molar-refractivity contribution in [2.45, 2.75) is 11.4 Å². The zero-order chi connectivity index (χ0) is 18.0. The van der Waals surface area contributed by atoms with Crippen LogP contribution in [0.5, 0.6) is 0 Å². The SMILES string of the molecule is COC(=O)c1ccc(S(=O)(=O)NCc2nc3ccccc3n2C)cc1. The highest BCUT2D eigenvalue weighted by atomic mass is 32.2. The summed E-state index contributed by atoms with van der Waals surface area (Å²) in [5.74, 6) is 0.0903. The molecule has 0 aliphatic heterocycles. The van der Waals surface area contributed by atoms with Crippen molar-refractivity contribution < 1.29 is 17.9 Å². The second-order valence-corrected chi connectivity index (χ2v) is 7.18. The number of rotatable bonds is 5. The first-order valence-corrected chi connectivity index (χ1v) is 8.99. The van der Waals surface area contributed by atoms with Crippen LogP contribution < -0.4 is 4.72 Å². The molecule has 8 heteroatoms. The van der Waals surface area contributed by atoms with E-state index in [0.717, 1.165) is 11.0 Å². The van der Waals surface area contributed by atoms with Crippen molar-refractivity contribution >= 4 is 27.0 Å². The van der Waals surface area contributed by atoms with Gasteiger partial charge in [0.15, 0.2) is 0 Å². The second kappa shape index (κ2) is 6.66. The van der Waals surface area contributed by atoms with Crippen LogP contribution in [0.25, 0.3) is 11.0 Å². The van der Waals surface area contributed by atoms with Crippen molar-refractivity contribution in [2.75, 3.05) is 7.11 Å².